The van der Waals surface area contributed by atoms with Crippen molar-refractivity contribution in [2.24, 2.45) is 0 Å². The van der Waals surface area contributed by atoms with Gasteiger partial charge in [0.15, 0.2) is 5.82 Å². The van der Waals surface area contributed by atoms with Crippen molar-refractivity contribution in [3.63, 3.8) is 0 Å². The molecule has 1 N–H and O–H groups in total. The van der Waals surface area contributed by atoms with Gasteiger partial charge in [0.05, 0.1) is 5.52 Å². The molecular formula is C19H14Cl2N4OS. The summed E-state index contributed by atoms with van der Waals surface area (Å²) in [4.78, 5) is 8.87. The van der Waals surface area contributed by atoms with Gasteiger partial charge in [0.1, 0.15) is 17.5 Å². The number of benzene rings is 2. The maximum absolute atomic E-state index is 6.30. The van der Waals surface area contributed by atoms with Gasteiger partial charge in [-0.1, -0.05) is 53.2 Å². The van der Waals surface area contributed by atoms with Gasteiger partial charge in [-0.05, 0) is 36.4 Å². The molecule has 0 aliphatic carbocycles. The topological polar surface area (TPSA) is 63.7 Å². The number of fused-ring (bicyclic) bond motifs is 1. The highest BCUT2D eigenvalue weighted by Crippen LogP contribution is 2.26. The second-order valence-corrected chi connectivity index (χ2v) is 7.46. The Bertz CT molecular complexity index is 1070. The largest absolute Gasteiger partial charge is 0.486 e. The van der Waals surface area contributed by atoms with Gasteiger partial charge in [-0.15, -0.1) is 5.10 Å². The average molecular weight is 417 g/mol. The Morgan fingerprint density at radius 2 is 1.81 bits per heavy atom. The molecule has 2 heterocycles. The zero-order valence-electron chi connectivity index (χ0n) is 14.0. The van der Waals surface area contributed by atoms with Gasteiger partial charge in [0.25, 0.3) is 0 Å². The van der Waals surface area contributed by atoms with Gasteiger partial charge in [-0.3, -0.25) is 5.10 Å². The molecule has 2 aromatic heterocycles. The van der Waals surface area contributed by atoms with E-state index in [1.165, 1.54) is 11.8 Å². The molecule has 2 aromatic carbocycles. The third-order valence-electron chi connectivity index (χ3n) is 3.81. The quantitative estimate of drug-likeness (QED) is 0.330. The molecule has 136 valence electrons. The Labute approximate surface area is 170 Å². The van der Waals surface area contributed by atoms with Gasteiger partial charge >= 0.3 is 0 Å². The van der Waals surface area contributed by atoms with Gasteiger partial charge in [0.2, 0.25) is 5.16 Å². The van der Waals surface area contributed by atoms with Crippen molar-refractivity contribution in [2.45, 2.75) is 17.5 Å². The number of hydrogen-bond donors (Lipinski definition) is 1. The number of aromatic nitrogens is 4. The Morgan fingerprint density at radius 1 is 1.00 bits per heavy atom. The maximum Gasteiger partial charge on any atom is 0.208 e. The molecule has 0 radical (unpaired) electrons. The zero-order valence-corrected chi connectivity index (χ0v) is 16.4. The van der Waals surface area contributed by atoms with Gasteiger partial charge in [-0.2, -0.15) is 0 Å². The molecule has 0 aliphatic heterocycles. The lowest BCUT2D eigenvalue weighted by Crippen LogP contribution is -1.97. The third kappa shape index (κ3) is 4.53. The van der Waals surface area contributed by atoms with Crippen LogP contribution in [0.25, 0.3) is 10.9 Å². The van der Waals surface area contributed by atoms with E-state index in [1.54, 1.807) is 12.1 Å². The standard InChI is InChI=1S/C19H14Cl2N4OS/c20-14-5-7-15(8-6-14)26-10-17-23-19(25-24-17)27-11-13-9-12-3-1-2-4-16(12)22-18(13)21/h1-9H,10-11H2,(H,23,24,25). The van der Waals surface area contributed by atoms with Crippen molar-refractivity contribution in [1.82, 2.24) is 20.2 Å². The van der Waals surface area contributed by atoms with E-state index >= 15 is 0 Å². The SMILES string of the molecule is Clc1ccc(OCc2nc(SCc3cc4ccccc4nc3Cl)n[nH]2)cc1. The molecule has 4 aromatic rings. The lowest BCUT2D eigenvalue weighted by molar-refractivity contribution is 0.296. The van der Waals surface area contributed by atoms with Crippen LogP contribution >= 0.6 is 35.0 Å². The highest BCUT2D eigenvalue weighted by atomic mass is 35.5. The summed E-state index contributed by atoms with van der Waals surface area (Å²) in [5.74, 6) is 2.00. The molecule has 0 fully saturated rings. The first-order chi connectivity index (χ1) is 13.2. The number of nitrogens with one attached hydrogen (secondary N) is 1. The number of ether oxygens (including phenoxy) is 1. The predicted octanol–water partition coefficient (Wildman–Crippen LogP) is 5.53. The molecule has 5 nitrogen and oxygen atoms in total. The van der Waals surface area contributed by atoms with E-state index in [0.29, 0.717) is 33.5 Å². The van der Waals surface area contributed by atoms with E-state index in [9.17, 15) is 0 Å². The maximum atomic E-state index is 6.30. The molecule has 0 saturated carbocycles. The lowest BCUT2D eigenvalue weighted by Gasteiger charge is -2.04. The molecular weight excluding hydrogens is 403 g/mol. The van der Waals surface area contributed by atoms with Gasteiger partial charge < -0.3 is 4.74 Å². The van der Waals surface area contributed by atoms with Crippen LogP contribution in [-0.4, -0.2) is 20.2 Å². The van der Waals surface area contributed by atoms with Crippen LogP contribution in [0.15, 0.2) is 59.8 Å². The zero-order chi connectivity index (χ0) is 18.6. The second-order valence-electron chi connectivity index (χ2n) is 5.73. The summed E-state index contributed by atoms with van der Waals surface area (Å²) < 4.78 is 5.66. The molecule has 0 amide bonds. The van der Waals surface area contributed by atoms with Crippen LogP contribution in [0, 0.1) is 0 Å². The monoisotopic (exact) mass is 416 g/mol. The Morgan fingerprint density at radius 3 is 2.67 bits per heavy atom. The number of H-pyrrole nitrogens is 1. The van der Waals surface area contributed by atoms with Crippen LogP contribution in [-0.2, 0) is 12.4 Å². The number of aromatic amines is 1. The van der Waals surface area contributed by atoms with Crippen molar-refractivity contribution in [1.29, 1.82) is 0 Å². The van der Waals surface area contributed by atoms with Gasteiger partial charge in [0, 0.05) is 21.7 Å². The molecule has 0 bridgehead atoms. The van der Waals surface area contributed by atoms with Crippen LogP contribution in [0.4, 0.5) is 0 Å². The molecule has 0 spiro atoms. The smallest absolute Gasteiger partial charge is 0.208 e. The van der Waals surface area contributed by atoms with E-state index in [4.69, 9.17) is 27.9 Å². The molecule has 27 heavy (non-hydrogen) atoms. The first kappa shape index (κ1) is 18.1. The molecule has 0 atom stereocenters. The normalized spacial score (nSPS) is 11.0. The van der Waals surface area contributed by atoms with E-state index in [2.05, 4.69) is 26.2 Å². The van der Waals surface area contributed by atoms with E-state index in [0.717, 1.165) is 22.2 Å². The number of rotatable bonds is 6. The van der Waals surface area contributed by atoms with Crippen molar-refractivity contribution in [2.75, 3.05) is 0 Å². The summed E-state index contributed by atoms with van der Waals surface area (Å²) in [5, 5.41) is 9.96. The Kier molecular flexibility index (Phi) is 5.48. The highest BCUT2D eigenvalue weighted by molar-refractivity contribution is 7.98. The lowest BCUT2D eigenvalue weighted by atomic mass is 10.2. The fourth-order valence-corrected chi connectivity index (χ4v) is 3.68. The molecule has 0 unspecified atom stereocenters. The van der Waals surface area contributed by atoms with E-state index in [-0.39, 0.29) is 0 Å². The summed E-state index contributed by atoms with van der Waals surface area (Å²) in [7, 11) is 0. The van der Waals surface area contributed by atoms with Gasteiger partial charge in [-0.25, -0.2) is 9.97 Å². The van der Waals surface area contributed by atoms with Crippen molar-refractivity contribution < 1.29 is 4.74 Å². The summed E-state index contributed by atoms with van der Waals surface area (Å²) in [5.41, 5.74) is 1.83. The molecule has 0 aliphatic rings. The number of thioether (sulfide) groups is 1. The first-order valence-electron chi connectivity index (χ1n) is 8.14. The fraction of sp³-hybridized carbons (Fsp3) is 0.105. The van der Waals surface area contributed by atoms with Crippen molar-refractivity contribution in [3.8, 4) is 5.75 Å². The minimum absolute atomic E-state index is 0.299. The minimum Gasteiger partial charge on any atom is -0.486 e. The summed E-state index contributed by atoms with van der Waals surface area (Å²) in [6.07, 6.45) is 0. The molecule has 0 saturated heterocycles. The Hall–Kier alpha value is -2.28. The number of pyridine rings is 1. The fourth-order valence-electron chi connectivity index (χ4n) is 2.47. The van der Waals surface area contributed by atoms with Crippen LogP contribution in [0.5, 0.6) is 5.75 Å². The second kappa shape index (κ2) is 8.17. The first-order valence-corrected chi connectivity index (χ1v) is 9.88. The number of hydrogen-bond acceptors (Lipinski definition) is 5. The van der Waals surface area contributed by atoms with Crippen LogP contribution in [0.2, 0.25) is 10.2 Å². The van der Waals surface area contributed by atoms with Crippen molar-refractivity contribution in [3.05, 3.63) is 76.2 Å². The molecule has 8 heteroatoms. The van der Waals surface area contributed by atoms with E-state index < -0.39 is 0 Å². The van der Waals surface area contributed by atoms with Crippen LogP contribution < -0.4 is 4.74 Å². The number of nitrogens with zero attached hydrogens (tertiary/aromatic N) is 3. The average Bonchev–Trinajstić information content (AvgIpc) is 3.14. The summed E-state index contributed by atoms with van der Waals surface area (Å²) in [6, 6.07) is 17.1. The third-order valence-corrected chi connectivity index (χ3v) is 5.28. The minimum atomic E-state index is 0.299. The summed E-state index contributed by atoms with van der Waals surface area (Å²) >= 11 is 13.7. The van der Waals surface area contributed by atoms with Crippen LogP contribution in [0.3, 0.4) is 0 Å². The van der Waals surface area contributed by atoms with E-state index in [1.807, 2.05) is 36.4 Å². The molecule has 4 rings (SSSR count). The van der Waals surface area contributed by atoms with Crippen molar-refractivity contribution >= 4 is 45.9 Å². The highest BCUT2D eigenvalue weighted by Gasteiger charge is 2.09. The number of halogens is 2. The summed E-state index contributed by atoms with van der Waals surface area (Å²) in [6.45, 7) is 0.299. The predicted molar refractivity (Wildman–Crippen MR) is 108 cm³/mol. The number of para-hydroxylation sites is 1. The Balaban J connectivity index is 1.38. The van der Waals surface area contributed by atoms with Crippen LogP contribution in [0.1, 0.15) is 11.4 Å².